The summed E-state index contributed by atoms with van der Waals surface area (Å²) in [5, 5.41) is 2.22. The highest BCUT2D eigenvalue weighted by atomic mass is 19.4. The number of likely N-dealkylation sites (tertiary alicyclic amines) is 1. The highest BCUT2D eigenvalue weighted by molar-refractivity contribution is 6.39. The largest absolute Gasteiger partial charge is 0.574 e. The van der Waals surface area contributed by atoms with Crippen LogP contribution in [0.15, 0.2) is 36.5 Å². The first kappa shape index (κ1) is 24.0. The van der Waals surface area contributed by atoms with Crippen molar-refractivity contribution in [2.75, 3.05) is 11.9 Å². The standard InChI is InChI=1S/C21H20F4N4O4.H2/c1-11-2-7-16(12-3-5-13(22)6-4-12)29(10-11)20(32)18(31)28-14-8-15(17(26)30)19(27-9-14)33-21(23,24)25;/h3-6,8-9,11,16H,2,7,10H2,1H3,(H2,26,30)(H,28,31);1H/t11-,16+;/m0./s1. The minimum absolute atomic E-state index is 0. The first-order valence-electron chi connectivity index (χ1n) is 9.87. The summed E-state index contributed by atoms with van der Waals surface area (Å²) in [6, 6.07) is 5.97. The number of primary amides is 1. The average Bonchev–Trinajstić information content (AvgIpc) is 2.73. The minimum Gasteiger partial charge on any atom is -0.387 e. The lowest BCUT2D eigenvalue weighted by atomic mass is 9.90. The van der Waals surface area contributed by atoms with Crippen LogP contribution >= 0.6 is 0 Å². The van der Waals surface area contributed by atoms with Crippen molar-refractivity contribution in [3.05, 3.63) is 53.5 Å². The minimum atomic E-state index is -5.11. The first-order chi connectivity index (χ1) is 15.4. The lowest BCUT2D eigenvalue weighted by molar-refractivity contribution is -0.276. The number of rotatable bonds is 4. The van der Waals surface area contributed by atoms with E-state index in [0.29, 0.717) is 12.0 Å². The zero-order valence-electron chi connectivity index (χ0n) is 17.4. The van der Waals surface area contributed by atoms with Crippen molar-refractivity contribution in [2.45, 2.75) is 32.2 Å². The lowest BCUT2D eigenvalue weighted by Crippen LogP contribution is -2.46. The van der Waals surface area contributed by atoms with Crippen LogP contribution in [0.4, 0.5) is 23.2 Å². The van der Waals surface area contributed by atoms with E-state index in [1.54, 1.807) is 0 Å². The van der Waals surface area contributed by atoms with Gasteiger partial charge in [0.05, 0.1) is 17.9 Å². The van der Waals surface area contributed by atoms with Gasteiger partial charge in [-0.05, 0) is 42.5 Å². The number of alkyl halides is 3. The predicted octanol–water partition coefficient (Wildman–Crippen LogP) is 3.40. The van der Waals surface area contributed by atoms with Crippen molar-refractivity contribution >= 4 is 23.4 Å². The number of nitrogens with one attached hydrogen (secondary N) is 1. The number of anilines is 1. The number of aromatic nitrogens is 1. The number of amides is 3. The fraction of sp³-hybridized carbons (Fsp3) is 0.333. The number of pyridine rings is 1. The number of nitrogens with zero attached hydrogens (tertiary/aromatic N) is 2. The number of ether oxygens (including phenoxy) is 1. The quantitative estimate of drug-likeness (QED) is 0.525. The van der Waals surface area contributed by atoms with Gasteiger partial charge < -0.3 is 20.7 Å². The smallest absolute Gasteiger partial charge is 0.387 e. The Morgan fingerprint density at radius 3 is 2.48 bits per heavy atom. The molecule has 3 rings (SSSR count). The first-order valence-corrected chi connectivity index (χ1v) is 9.87. The van der Waals surface area contributed by atoms with E-state index in [9.17, 15) is 31.9 Å². The zero-order chi connectivity index (χ0) is 24.3. The number of benzene rings is 1. The van der Waals surface area contributed by atoms with Crippen molar-refractivity contribution in [1.82, 2.24) is 9.88 Å². The van der Waals surface area contributed by atoms with Gasteiger partial charge in [-0.1, -0.05) is 19.1 Å². The second kappa shape index (κ2) is 9.43. The molecule has 0 unspecified atom stereocenters. The van der Waals surface area contributed by atoms with Crippen molar-refractivity contribution < 1.29 is 38.1 Å². The normalized spacial score (nSPS) is 18.5. The van der Waals surface area contributed by atoms with Crippen LogP contribution in [0.1, 0.15) is 43.2 Å². The van der Waals surface area contributed by atoms with Crippen LogP contribution in [0.2, 0.25) is 0 Å². The molecule has 1 aromatic heterocycles. The molecule has 1 saturated heterocycles. The van der Waals surface area contributed by atoms with Gasteiger partial charge in [0.2, 0.25) is 5.88 Å². The number of nitrogens with two attached hydrogens (primary N) is 1. The Morgan fingerprint density at radius 1 is 1.21 bits per heavy atom. The van der Waals surface area contributed by atoms with E-state index in [4.69, 9.17) is 5.73 Å². The zero-order valence-corrected chi connectivity index (χ0v) is 17.4. The van der Waals surface area contributed by atoms with Crippen molar-refractivity contribution in [3.8, 4) is 5.88 Å². The molecule has 178 valence electrons. The summed E-state index contributed by atoms with van der Waals surface area (Å²) in [6.07, 6.45) is -2.96. The topological polar surface area (TPSA) is 115 Å². The van der Waals surface area contributed by atoms with Crippen molar-refractivity contribution in [3.63, 3.8) is 0 Å². The lowest BCUT2D eigenvalue weighted by Gasteiger charge is -2.38. The van der Waals surface area contributed by atoms with E-state index in [-0.39, 0.29) is 19.6 Å². The summed E-state index contributed by atoms with van der Waals surface area (Å²) in [7, 11) is 0. The van der Waals surface area contributed by atoms with Gasteiger partial charge in [-0.25, -0.2) is 9.37 Å². The van der Waals surface area contributed by atoms with Gasteiger partial charge >= 0.3 is 18.2 Å². The van der Waals surface area contributed by atoms with Crippen LogP contribution in [0.3, 0.4) is 0 Å². The molecule has 0 radical (unpaired) electrons. The van der Waals surface area contributed by atoms with E-state index in [1.165, 1.54) is 29.2 Å². The van der Waals surface area contributed by atoms with E-state index in [2.05, 4.69) is 15.0 Å². The summed E-state index contributed by atoms with van der Waals surface area (Å²) in [4.78, 5) is 41.8. The van der Waals surface area contributed by atoms with Crippen LogP contribution < -0.4 is 15.8 Å². The Labute approximate surface area is 187 Å². The van der Waals surface area contributed by atoms with E-state index >= 15 is 0 Å². The fourth-order valence-corrected chi connectivity index (χ4v) is 3.61. The molecule has 1 aliphatic heterocycles. The molecule has 2 aromatic rings. The molecule has 1 fully saturated rings. The Hall–Kier alpha value is -3.70. The Balaban J connectivity index is 0.00000408. The van der Waals surface area contributed by atoms with Crippen molar-refractivity contribution in [2.24, 2.45) is 11.7 Å². The maximum atomic E-state index is 13.3. The second-order valence-corrected chi connectivity index (χ2v) is 7.65. The Morgan fingerprint density at radius 2 is 1.88 bits per heavy atom. The predicted molar refractivity (Wildman–Crippen MR) is 109 cm³/mol. The second-order valence-electron chi connectivity index (χ2n) is 7.65. The average molecular weight is 470 g/mol. The van der Waals surface area contributed by atoms with Gasteiger partial charge in [-0.2, -0.15) is 0 Å². The molecule has 33 heavy (non-hydrogen) atoms. The summed E-state index contributed by atoms with van der Waals surface area (Å²) in [5.74, 6) is -4.66. The third-order valence-electron chi connectivity index (χ3n) is 5.11. The summed E-state index contributed by atoms with van der Waals surface area (Å²) in [6.45, 7) is 2.19. The molecule has 3 N–H and O–H groups in total. The number of halogens is 4. The molecule has 0 saturated carbocycles. The number of carbonyl (C=O) groups is 3. The van der Waals surface area contributed by atoms with Crippen LogP contribution in [0.5, 0.6) is 5.88 Å². The number of hydrogen-bond acceptors (Lipinski definition) is 5. The summed E-state index contributed by atoms with van der Waals surface area (Å²) < 4.78 is 54.4. The van der Waals surface area contributed by atoms with E-state index in [1.807, 2.05) is 6.92 Å². The molecule has 1 aromatic carbocycles. The van der Waals surface area contributed by atoms with Gasteiger partial charge in [-0.15, -0.1) is 13.2 Å². The maximum Gasteiger partial charge on any atom is 0.574 e. The van der Waals surface area contributed by atoms with Crippen LogP contribution in [0.25, 0.3) is 0 Å². The van der Waals surface area contributed by atoms with E-state index in [0.717, 1.165) is 18.7 Å². The molecular weight excluding hydrogens is 448 g/mol. The van der Waals surface area contributed by atoms with Gasteiger partial charge in [0.25, 0.3) is 5.91 Å². The van der Waals surface area contributed by atoms with Gasteiger partial charge in [0.1, 0.15) is 11.4 Å². The van der Waals surface area contributed by atoms with Gasteiger partial charge in [-0.3, -0.25) is 14.4 Å². The summed E-state index contributed by atoms with van der Waals surface area (Å²) in [5.41, 5.74) is 4.79. The number of piperidine rings is 1. The maximum absolute atomic E-state index is 13.3. The van der Waals surface area contributed by atoms with E-state index < -0.39 is 47.4 Å². The monoisotopic (exact) mass is 470 g/mol. The summed E-state index contributed by atoms with van der Waals surface area (Å²) >= 11 is 0. The molecule has 0 aliphatic carbocycles. The highest BCUT2D eigenvalue weighted by Gasteiger charge is 2.35. The molecule has 12 heteroatoms. The van der Waals surface area contributed by atoms with Gasteiger partial charge in [0, 0.05) is 7.97 Å². The number of carbonyl (C=O) groups excluding carboxylic acids is 3. The third-order valence-corrected chi connectivity index (χ3v) is 5.11. The number of hydrogen-bond donors (Lipinski definition) is 2. The highest BCUT2D eigenvalue weighted by Crippen LogP contribution is 2.33. The molecule has 8 nitrogen and oxygen atoms in total. The molecular formula is C21H22F4N4O4. The van der Waals surface area contributed by atoms with Crippen LogP contribution in [-0.4, -0.2) is 40.5 Å². The van der Waals surface area contributed by atoms with Crippen LogP contribution in [0, 0.1) is 11.7 Å². The molecule has 2 atom stereocenters. The molecule has 1 aliphatic rings. The van der Waals surface area contributed by atoms with Gasteiger partial charge in [0.15, 0.2) is 0 Å². The molecule has 0 bridgehead atoms. The fourth-order valence-electron chi connectivity index (χ4n) is 3.61. The van der Waals surface area contributed by atoms with Crippen LogP contribution in [-0.2, 0) is 9.59 Å². The SMILES string of the molecule is C[C@H]1CC[C@H](c2ccc(F)cc2)N(C(=O)C(=O)Nc2cnc(OC(F)(F)F)c(C(N)=O)c2)C1.[HH]. The third kappa shape index (κ3) is 5.96. The molecule has 3 amide bonds. The van der Waals surface area contributed by atoms with Crippen molar-refractivity contribution in [1.29, 1.82) is 0 Å². The molecule has 0 spiro atoms. The Kier molecular flexibility index (Phi) is 6.84. The molecule has 2 heterocycles. The Bertz CT molecular complexity index is 1070.